The molecule has 6 heteroatoms. The molecule has 1 unspecified atom stereocenters. The maximum Gasteiger partial charge on any atom is 0.241 e. The Labute approximate surface area is 162 Å². The molecule has 2 aromatic carbocycles. The molecule has 0 spiro atoms. The third kappa shape index (κ3) is 5.51. The highest BCUT2D eigenvalue weighted by Gasteiger charge is 2.19. The van der Waals surface area contributed by atoms with Crippen LogP contribution in [0.1, 0.15) is 31.0 Å². The largest absolute Gasteiger partial charge is 0.294 e. The van der Waals surface area contributed by atoms with Gasteiger partial charge in [0.2, 0.25) is 10.0 Å². The smallest absolute Gasteiger partial charge is 0.241 e. The first-order chi connectivity index (χ1) is 12.2. The summed E-state index contributed by atoms with van der Waals surface area (Å²) < 4.78 is 29.0. The topological polar surface area (TPSA) is 63.2 Å². The maximum atomic E-state index is 12.7. The average molecular weight is 434 g/mol. The van der Waals surface area contributed by atoms with Gasteiger partial charge >= 0.3 is 0 Å². The highest BCUT2D eigenvalue weighted by Crippen LogP contribution is 2.21. The molecule has 0 saturated heterocycles. The van der Waals surface area contributed by atoms with Crippen molar-refractivity contribution in [3.63, 3.8) is 0 Å². The molecule has 4 nitrogen and oxygen atoms in total. The zero-order valence-electron chi connectivity index (χ0n) is 14.8. The number of sulfonamides is 1. The predicted octanol–water partition coefficient (Wildman–Crippen LogP) is 4.47. The minimum Gasteiger partial charge on any atom is -0.294 e. The Morgan fingerprint density at radius 3 is 2.19 bits per heavy atom. The molecule has 0 heterocycles. The summed E-state index contributed by atoms with van der Waals surface area (Å²) in [5, 5.41) is 0. The molecule has 1 atom stereocenters. The van der Waals surface area contributed by atoms with Gasteiger partial charge in [-0.25, -0.2) is 8.42 Å². The highest BCUT2D eigenvalue weighted by molar-refractivity contribution is 9.10. The van der Waals surface area contributed by atoms with Crippen LogP contribution in [0.5, 0.6) is 0 Å². The van der Waals surface area contributed by atoms with E-state index < -0.39 is 16.1 Å². The fourth-order valence-corrected chi connectivity index (χ4v) is 3.56. The Hall–Kier alpha value is -1.98. The number of hydrogen-bond donors (Lipinski definition) is 1. The summed E-state index contributed by atoms with van der Waals surface area (Å²) in [6.07, 6.45) is 1.56. The monoisotopic (exact) mass is 433 g/mol. The van der Waals surface area contributed by atoms with Crippen molar-refractivity contribution < 1.29 is 13.2 Å². The van der Waals surface area contributed by atoms with Crippen LogP contribution in [0.25, 0.3) is 0 Å². The van der Waals surface area contributed by atoms with Crippen molar-refractivity contribution in [2.75, 3.05) is 0 Å². The summed E-state index contributed by atoms with van der Waals surface area (Å²) in [6, 6.07) is 13.3. The Bertz CT molecular complexity index is 955. The van der Waals surface area contributed by atoms with Crippen molar-refractivity contribution in [1.82, 2.24) is 4.72 Å². The number of carbonyl (C=O) groups excluding carboxylic acids is 1. The first-order valence-electron chi connectivity index (χ1n) is 7.98. The lowest BCUT2D eigenvalue weighted by Crippen LogP contribution is -2.27. The van der Waals surface area contributed by atoms with Gasteiger partial charge in [-0.1, -0.05) is 45.8 Å². The second-order valence-electron chi connectivity index (χ2n) is 5.96. The van der Waals surface area contributed by atoms with Crippen molar-refractivity contribution in [2.45, 2.75) is 31.7 Å². The minimum absolute atomic E-state index is 0.114. The third-order valence-corrected chi connectivity index (χ3v) is 5.82. The Morgan fingerprint density at radius 1 is 1.08 bits per heavy atom. The predicted molar refractivity (Wildman–Crippen MR) is 106 cm³/mol. The normalized spacial score (nSPS) is 12.2. The van der Waals surface area contributed by atoms with Gasteiger partial charge in [-0.05, 0) is 56.7 Å². The van der Waals surface area contributed by atoms with Crippen molar-refractivity contribution in [3.8, 4) is 0 Å². The van der Waals surface area contributed by atoms with Crippen LogP contribution >= 0.6 is 15.9 Å². The van der Waals surface area contributed by atoms with Crippen LogP contribution in [0, 0.1) is 6.92 Å². The van der Waals surface area contributed by atoms with E-state index in [0.29, 0.717) is 5.57 Å². The summed E-state index contributed by atoms with van der Waals surface area (Å²) in [6.45, 7) is 4.99. The van der Waals surface area contributed by atoms with E-state index in [-0.39, 0.29) is 10.7 Å². The number of halogens is 1. The van der Waals surface area contributed by atoms with E-state index in [0.717, 1.165) is 15.6 Å². The molecule has 0 bridgehead atoms. The number of benzene rings is 2. The van der Waals surface area contributed by atoms with Gasteiger partial charge in [-0.15, -0.1) is 5.73 Å². The molecule has 0 aliphatic carbocycles. The molecular weight excluding hydrogens is 414 g/mol. The SMILES string of the molecule is CC(=O)C(C)=C=CC(NS(=O)(=O)c1ccc(C)cc1)c1ccc(Br)cc1. The second-order valence-corrected chi connectivity index (χ2v) is 8.59. The third-order valence-electron chi connectivity index (χ3n) is 3.84. The molecule has 0 amide bonds. The van der Waals surface area contributed by atoms with Crippen LogP contribution in [0.3, 0.4) is 0 Å². The first-order valence-corrected chi connectivity index (χ1v) is 10.3. The van der Waals surface area contributed by atoms with E-state index in [1.807, 2.05) is 31.2 Å². The quantitative estimate of drug-likeness (QED) is 0.539. The highest BCUT2D eigenvalue weighted by atomic mass is 79.9. The standard InChI is InChI=1S/C20H20BrNO3S/c1-14-4-11-19(12-5-14)26(24,25)22-20(13-6-15(2)16(3)23)17-7-9-18(21)10-8-17/h4-5,7-13,20,22H,1-3H3. The minimum atomic E-state index is -3.73. The molecule has 0 aliphatic heterocycles. The molecular formula is C20H20BrNO3S. The lowest BCUT2D eigenvalue weighted by molar-refractivity contribution is -0.113. The van der Waals surface area contributed by atoms with Gasteiger partial charge in [-0.2, -0.15) is 4.72 Å². The van der Waals surface area contributed by atoms with Gasteiger partial charge in [0.1, 0.15) is 0 Å². The second kappa shape index (κ2) is 8.60. The number of ketones is 1. The number of nitrogens with one attached hydrogen (secondary N) is 1. The lowest BCUT2D eigenvalue weighted by atomic mass is 10.1. The van der Waals surface area contributed by atoms with Crippen molar-refractivity contribution >= 4 is 31.7 Å². The van der Waals surface area contributed by atoms with E-state index in [1.165, 1.54) is 6.92 Å². The van der Waals surface area contributed by atoms with Crippen molar-refractivity contribution in [1.29, 1.82) is 0 Å². The Morgan fingerprint density at radius 2 is 1.65 bits per heavy atom. The zero-order chi connectivity index (χ0) is 19.3. The van der Waals surface area contributed by atoms with E-state index in [9.17, 15) is 13.2 Å². The van der Waals surface area contributed by atoms with E-state index in [2.05, 4.69) is 26.4 Å². The number of hydrogen-bond acceptors (Lipinski definition) is 3. The Balaban J connectivity index is 2.43. The van der Waals surface area contributed by atoms with Gasteiger partial charge < -0.3 is 0 Å². The van der Waals surface area contributed by atoms with E-state index in [4.69, 9.17) is 0 Å². The molecule has 0 aliphatic rings. The average Bonchev–Trinajstić information content (AvgIpc) is 2.59. The molecule has 2 rings (SSSR count). The zero-order valence-corrected chi connectivity index (χ0v) is 17.2. The van der Waals surface area contributed by atoms with Crippen LogP contribution < -0.4 is 4.72 Å². The maximum absolute atomic E-state index is 12.7. The summed E-state index contributed by atoms with van der Waals surface area (Å²) in [5.74, 6) is -0.114. The van der Waals surface area contributed by atoms with Crippen LogP contribution in [0.15, 0.2) is 75.3 Å². The van der Waals surface area contributed by atoms with Crippen molar-refractivity contribution in [2.24, 2.45) is 0 Å². The van der Waals surface area contributed by atoms with Crippen LogP contribution in [-0.4, -0.2) is 14.2 Å². The number of Topliss-reactive ketones (excluding diaryl/α,β-unsaturated/α-hetero) is 1. The van der Waals surface area contributed by atoms with Gasteiger partial charge in [0.05, 0.1) is 10.9 Å². The van der Waals surface area contributed by atoms with Gasteiger partial charge in [0.15, 0.2) is 5.78 Å². The summed E-state index contributed by atoms with van der Waals surface area (Å²) in [5.41, 5.74) is 5.04. The molecule has 26 heavy (non-hydrogen) atoms. The molecule has 0 fully saturated rings. The molecule has 0 radical (unpaired) electrons. The van der Waals surface area contributed by atoms with E-state index >= 15 is 0 Å². The number of rotatable bonds is 6. The first kappa shape index (κ1) is 20.3. The van der Waals surface area contributed by atoms with Crippen LogP contribution in [0.4, 0.5) is 0 Å². The molecule has 1 N–H and O–H groups in total. The van der Waals surface area contributed by atoms with Crippen molar-refractivity contribution in [3.05, 3.63) is 81.5 Å². The summed E-state index contributed by atoms with van der Waals surface area (Å²) >= 11 is 3.37. The molecule has 136 valence electrons. The fraction of sp³-hybridized carbons (Fsp3) is 0.200. The van der Waals surface area contributed by atoms with E-state index in [1.54, 1.807) is 37.3 Å². The van der Waals surface area contributed by atoms with Crippen LogP contribution in [0.2, 0.25) is 0 Å². The molecule has 0 saturated carbocycles. The molecule has 0 aromatic heterocycles. The fourth-order valence-electron chi connectivity index (χ4n) is 2.13. The summed E-state index contributed by atoms with van der Waals surface area (Å²) in [4.78, 5) is 11.6. The number of aryl methyl sites for hydroxylation is 1. The summed E-state index contributed by atoms with van der Waals surface area (Å²) in [7, 11) is -3.73. The Kier molecular flexibility index (Phi) is 6.73. The van der Waals surface area contributed by atoms with Gasteiger partial charge in [0.25, 0.3) is 0 Å². The molecule has 2 aromatic rings. The lowest BCUT2D eigenvalue weighted by Gasteiger charge is -2.15. The van der Waals surface area contributed by atoms with Gasteiger partial charge in [0, 0.05) is 10.0 Å². The number of carbonyl (C=O) groups is 1. The van der Waals surface area contributed by atoms with Crippen LogP contribution in [-0.2, 0) is 14.8 Å². The van der Waals surface area contributed by atoms with Gasteiger partial charge in [-0.3, -0.25) is 4.79 Å².